The molecule has 0 heterocycles. The van der Waals surface area contributed by atoms with Gasteiger partial charge >= 0.3 is 124 Å². The second kappa shape index (κ2) is 36.5. The summed E-state index contributed by atoms with van der Waals surface area (Å²) in [5.41, 5.74) is 0. The van der Waals surface area contributed by atoms with Crippen LogP contribution in [0.1, 0.15) is 0 Å². The van der Waals surface area contributed by atoms with Crippen LogP contribution in [0.4, 0.5) is 0 Å². The third-order valence-corrected chi connectivity index (χ3v) is 382. The van der Waals surface area contributed by atoms with Gasteiger partial charge in [-0.25, -0.2) is 0 Å². The monoisotopic (exact) mass is 1590 g/mol. The third kappa shape index (κ3) is 10.9. The van der Waals surface area contributed by atoms with E-state index in [1.54, 1.807) is 0 Å². The lowest BCUT2D eigenvalue weighted by Crippen LogP contribution is -3.31. The Balaban J connectivity index is 17.3. The molecule has 0 saturated heterocycles. The van der Waals surface area contributed by atoms with E-state index in [9.17, 15) is 0 Å². The van der Waals surface area contributed by atoms with Gasteiger partial charge in [0.15, 0.2) is 0 Å². The van der Waals surface area contributed by atoms with Crippen molar-refractivity contribution in [2.75, 3.05) is 256 Å². The first-order valence-electron chi connectivity index (χ1n) is 26.0. The Morgan fingerprint density at radius 2 is 0.124 bits per heavy atom. The molecule has 0 aromatic rings. The van der Waals surface area contributed by atoms with Crippen molar-refractivity contribution in [2.45, 2.75) is 0 Å². The van der Waals surface area contributed by atoms with Crippen molar-refractivity contribution >= 4 is 131 Å². The van der Waals surface area contributed by atoms with E-state index in [0.717, 1.165) is 0 Å². The van der Waals surface area contributed by atoms with Gasteiger partial charge in [-0.1, -0.05) is 0 Å². The SMILES string of the molecule is CO[Si](OC)(OC)[Si]([Si](OC)(OC)OC)([Si](OC)(OC)OC)[Si]([Si]([Si](OC)(OC)OC)([Si](OC)(OC)OC)[Si](OC)(OC)OC)([Si]([Si](OC)(OC)OC)([Si](OC)(OC)OC)[Si](OC)(OC)OC)[Si]([Si](OC)(OC)OC)([Si](OC)(OC)OC)[Si](OC)(OC)OC. The summed E-state index contributed by atoms with van der Waals surface area (Å²) in [6.07, 6.45) is -34.9. The first kappa shape index (κ1) is 91.2. The van der Waals surface area contributed by atoms with Crippen molar-refractivity contribution in [3.8, 4) is 0 Å². The molecule has 0 aliphatic heterocycles. The minimum Gasteiger partial charge on any atom is -0.380 e. The predicted octanol–water partition coefficient (Wildman–Crippen LogP) is -2.98. The number of rotatable bonds is 52. The fraction of sp³-hybridized carbons (Fsp3) is 1.00. The van der Waals surface area contributed by atoms with Crippen LogP contribution in [0.25, 0.3) is 0 Å². The molecule has 89 heavy (non-hydrogen) atoms. The van der Waals surface area contributed by atoms with Gasteiger partial charge in [0, 0.05) is 256 Å². The van der Waals surface area contributed by atoms with Gasteiger partial charge in [-0.05, 0) is 0 Å². The predicted molar refractivity (Wildman–Crippen MR) is 350 cm³/mol. The maximum Gasteiger partial charge on any atom is 0.478 e. The van der Waals surface area contributed by atoms with Gasteiger partial charge in [-0.3, -0.25) is 0 Å². The fourth-order valence-corrected chi connectivity index (χ4v) is 852. The minimum atomic E-state index is -7.50. The molecule has 53 heteroatoms. The van der Waals surface area contributed by atoms with E-state index in [-0.39, 0.29) is 0 Å². The molecular weight excluding hydrogens is 1490 g/mol. The molecule has 0 bridgehead atoms. The molecule has 0 spiro atoms. The Labute approximate surface area is 542 Å². The average molecular weight is 1590 g/mol. The summed E-state index contributed by atoms with van der Waals surface area (Å²) in [5, 5.41) is 0. The molecule has 0 N–H and O–H groups in total. The lowest BCUT2D eigenvalue weighted by molar-refractivity contribution is 0.117. The van der Waals surface area contributed by atoms with Crippen molar-refractivity contribution in [1.82, 2.24) is 0 Å². The summed E-state index contributed by atoms with van der Waals surface area (Å²) in [4.78, 5) is 0. The van der Waals surface area contributed by atoms with Crippen LogP contribution in [-0.4, -0.2) is 387 Å². The summed E-state index contributed by atoms with van der Waals surface area (Å²) in [6.45, 7) is 0. The molecule has 0 aliphatic rings. The van der Waals surface area contributed by atoms with Gasteiger partial charge in [0.25, 0.3) is 0 Å². The zero-order valence-corrected chi connectivity index (χ0v) is 76.2. The van der Waals surface area contributed by atoms with Gasteiger partial charge in [0.05, 0.1) is 0 Å². The van der Waals surface area contributed by atoms with Gasteiger partial charge in [0.1, 0.15) is 6.14 Å². The molecule has 0 rings (SSSR count). The largest absolute Gasteiger partial charge is 0.478 e. The summed E-state index contributed by atoms with van der Waals surface area (Å²) in [6, 6.07) is 0. The molecule has 0 atom stereocenters. The number of hydrogen-bond donors (Lipinski definition) is 0. The zero-order chi connectivity index (χ0) is 70.0. The Bertz CT molecular complexity index is 1440. The van der Waals surface area contributed by atoms with Crippen molar-refractivity contribution in [1.29, 1.82) is 0 Å². The standard InChI is InChI=1S/C36H108O36Si17/c1-37-73(38-2,39-3)85(74(40-4,41-5)42-6,75(43-7,44-8)45-9)89(86(76(46-10,47-11)48-12,77(49-13,50-14)51-15)78(52-16,53-17)54-18,87(79(55-19,56-20)57-21,80(58-22,59-23)60-24)81(61-25,62-26)63-27)88(82(64-28,65-29)66-30,83(67-31,68-32)69-33)84(70-34,71-35)72-36/h1-36H3. The lowest BCUT2D eigenvalue weighted by atomic mass is 11.8. The van der Waals surface area contributed by atoms with Gasteiger partial charge in [-0.15, -0.1) is 0 Å². The highest BCUT2D eigenvalue weighted by Gasteiger charge is 3.26. The summed E-state index contributed by atoms with van der Waals surface area (Å²) < 4.78 is 271. The zero-order valence-electron chi connectivity index (χ0n) is 59.2. The highest BCUT2D eigenvalue weighted by Crippen LogP contribution is 2.69. The Hall–Kier alpha value is 2.25. The van der Waals surface area contributed by atoms with E-state index in [0.29, 0.717) is 0 Å². The maximum atomic E-state index is 7.52. The normalized spacial score (nSPS) is 15.2. The quantitative estimate of drug-likeness (QED) is 0.0549. The Morgan fingerprint density at radius 3 is 0.157 bits per heavy atom. The van der Waals surface area contributed by atoms with Crippen LogP contribution in [0.2, 0.25) is 0 Å². The van der Waals surface area contributed by atoms with Crippen LogP contribution in [0.5, 0.6) is 0 Å². The second-order valence-electron chi connectivity index (χ2n) is 17.8. The molecule has 36 nitrogen and oxygen atoms in total. The topological polar surface area (TPSA) is 332 Å². The molecular formula is C36H108O36Si17. The van der Waals surface area contributed by atoms with Crippen molar-refractivity contribution in [3.63, 3.8) is 0 Å². The smallest absolute Gasteiger partial charge is 0.380 e. The third-order valence-electron chi connectivity index (χ3n) is 17.4. The average Bonchev–Trinajstić information content (AvgIpc) is 0.588. The molecule has 0 aromatic heterocycles. The van der Waals surface area contributed by atoms with E-state index < -0.39 is 131 Å². The van der Waals surface area contributed by atoms with E-state index >= 15 is 0 Å². The second-order valence-corrected chi connectivity index (χ2v) is 165. The molecule has 0 radical (unpaired) electrons. The Morgan fingerprint density at radius 1 is 0.0787 bits per heavy atom. The van der Waals surface area contributed by atoms with Crippen molar-refractivity contribution < 1.29 is 159 Å². The molecule has 0 fully saturated rings. The van der Waals surface area contributed by atoms with Crippen LogP contribution in [0, 0.1) is 0 Å². The van der Waals surface area contributed by atoms with Crippen molar-refractivity contribution in [3.05, 3.63) is 0 Å². The van der Waals surface area contributed by atoms with Crippen molar-refractivity contribution in [2.24, 2.45) is 0 Å². The Kier molecular flexibility index (Phi) is 37.5. The summed E-state index contributed by atoms with van der Waals surface area (Å²) in [5.74, 6) is 0. The highest BCUT2D eigenvalue weighted by atomic mass is 30.8. The molecule has 0 aromatic carbocycles. The van der Waals surface area contributed by atoms with Gasteiger partial charge in [0.2, 0.25) is 0 Å². The van der Waals surface area contributed by atoms with Crippen LogP contribution in [0.15, 0.2) is 0 Å². The van der Waals surface area contributed by atoms with Gasteiger partial charge < -0.3 is 159 Å². The first-order valence-corrected chi connectivity index (χ1v) is 72.7. The highest BCUT2D eigenvalue weighted by molar-refractivity contribution is 8.52. The van der Waals surface area contributed by atoms with E-state index in [2.05, 4.69) is 0 Å². The molecule has 0 saturated carbocycles. The van der Waals surface area contributed by atoms with Crippen LogP contribution >= 0.6 is 0 Å². The summed E-state index contributed by atoms with van der Waals surface area (Å²) in [7, 11) is -26.1. The van der Waals surface area contributed by atoms with E-state index in [4.69, 9.17) is 159 Å². The van der Waals surface area contributed by atoms with Crippen LogP contribution < -0.4 is 0 Å². The van der Waals surface area contributed by atoms with E-state index in [1.165, 1.54) is 256 Å². The minimum absolute atomic E-state index is 1.29. The fourth-order valence-electron chi connectivity index (χ4n) is 15.2. The molecule has 0 aliphatic carbocycles. The summed E-state index contributed by atoms with van der Waals surface area (Å²) >= 11 is 0. The maximum absolute atomic E-state index is 7.52. The number of hydrogen-bond acceptors (Lipinski definition) is 36. The van der Waals surface area contributed by atoms with Gasteiger partial charge in [-0.2, -0.15) is 0 Å². The first-order chi connectivity index (χ1) is 42.2. The van der Waals surface area contributed by atoms with E-state index in [1.807, 2.05) is 0 Å². The lowest BCUT2D eigenvalue weighted by Gasteiger charge is -2.77. The van der Waals surface area contributed by atoms with Crippen LogP contribution in [0.3, 0.4) is 0 Å². The van der Waals surface area contributed by atoms with Crippen LogP contribution in [-0.2, 0) is 159 Å². The molecule has 536 valence electrons. The molecule has 0 unspecified atom stereocenters. The molecule has 0 amide bonds.